The molecule has 3 nitrogen and oxygen atoms in total. The van der Waals surface area contributed by atoms with Gasteiger partial charge in [-0.3, -0.25) is 4.79 Å². The smallest absolute Gasteiger partial charge is 0.228 e. The molecule has 0 atom stereocenters. The number of aromatic nitrogens is 1. The standard InChI is InChI=1S/C13H12F2N2OS/c1-7(2)12(18)17-13-16-11(6-19-13)9-4-3-8(14)5-10(9)15/h3-7H,1-2H3,(H,16,17,18). The zero-order valence-corrected chi connectivity index (χ0v) is 11.2. The normalized spacial score (nSPS) is 10.8. The van der Waals surface area contributed by atoms with Crippen LogP contribution in [0, 0.1) is 17.6 Å². The number of hydrogen-bond donors (Lipinski definition) is 1. The third-order valence-electron chi connectivity index (χ3n) is 2.47. The van der Waals surface area contributed by atoms with E-state index in [1.807, 2.05) is 0 Å². The van der Waals surface area contributed by atoms with Crippen molar-refractivity contribution in [1.82, 2.24) is 4.98 Å². The van der Waals surface area contributed by atoms with E-state index in [4.69, 9.17) is 0 Å². The summed E-state index contributed by atoms with van der Waals surface area (Å²) in [7, 11) is 0. The third-order valence-corrected chi connectivity index (χ3v) is 3.22. The Kier molecular flexibility index (Phi) is 3.90. The molecule has 1 aromatic heterocycles. The van der Waals surface area contributed by atoms with Crippen LogP contribution in [0.4, 0.5) is 13.9 Å². The van der Waals surface area contributed by atoms with Crippen LogP contribution in [0.1, 0.15) is 13.8 Å². The molecule has 1 amide bonds. The summed E-state index contributed by atoms with van der Waals surface area (Å²) in [4.78, 5) is 15.6. The van der Waals surface area contributed by atoms with Crippen molar-refractivity contribution in [2.75, 3.05) is 5.32 Å². The number of nitrogens with one attached hydrogen (secondary N) is 1. The molecule has 2 rings (SSSR count). The number of nitrogens with zero attached hydrogens (tertiary/aromatic N) is 1. The van der Waals surface area contributed by atoms with E-state index >= 15 is 0 Å². The van der Waals surface area contributed by atoms with E-state index in [9.17, 15) is 13.6 Å². The van der Waals surface area contributed by atoms with Crippen LogP contribution < -0.4 is 5.32 Å². The van der Waals surface area contributed by atoms with Crippen LogP contribution in [-0.4, -0.2) is 10.9 Å². The highest BCUT2D eigenvalue weighted by molar-refractivity contribution is 7.14. The topological polar surface area (TPSA) is 42.0 Å². The summed E-state index contributed by atoms with van der Waals surface area (Å²) < 4.78 is 26.4. The molecule has 0 radical (unpaired) electrons. The maximum Gasteiger partial charge on any atom is 0.228 e. The van der Waals surface area contributed by atoms with Crippen LogP contribution in [0.15, 0.2) is 23.6 Å². The molecule has 0 aliphatic carbocycles. The van der Waals surface area contributed by atoms with E-state index in [-0.39, 0.29) is 17.4 Å². The number of hydrogen-bond acceptors (Lipinski definition) is 3. The van der Waals surface area contributed by atoms with E-state index < -0.39 is 11.6 Å². The summed E-state index contributed by atoms with van der Waals surface area (Å²) >= 11 is 1.20. The zero-order chi connectivity index (χ0) is 14.0. The Balaban J connectivity index is 2.23. The molecule has 0 saturated heterocycles. The van der Waals surface area contributed by atoms with Crippen LogP contribution in [0.25, 0.3) is 11.3 Å². The molecule has 100 valence electrons. The fourth-order valence-electron chi connectivity index (χ4n) is 1.40. The Morgan fingerprint density at radius 1 is 1.37 bits per heavy atom. The largest absolute Gasteiger partial charge is 0.302 e. The number of halogens is 2. The Morgan fingerprint density at radius 3 is 2.74 bits per heavy atom. The molecule has 0 bridgehead atoms. The van der Waals surface area contributed by atoms with Gasteiger partial charge in [-0.05, 0) is 12.1 Å². The van der Waals surface area contributed by atoms with Gasteiger partial charge in [0, 0.05) is 22.9 Å². The number of carbonyl (C=O) groups excluding carboxylic acids is 1. The number of thiazole rings is 1. The maximum atomic E-state index is 13.6. The molecule has 1 aromatic carbocycles. The van der Waals surface area contributed by atoms with Gasteiger partial charge >= 0.3 is 0 Å². The van der Waals surface area contributed by atoms with E-state index in [0.717, 1.165) is 6.07 Å². The summed E-state index contributed by atoms with van der Waals surface area (Å²) in [5.41, 5.74) is 0.587. The van der Waals surface area contributed by atoms with Crippen molar-refractivity contribution in [3.63, 3.8) is 0 Å². The van der Waals surface area contributed by atoms with Gasteiger partial charge in [0.1, 0.15) is 11.6 Å². The van der Waals surface area contributed by atoms with Crippen molar-refractivity contribution in [2.24, 2.45) is 5.92 Å². The summed E-state index contributed by atoms with van der Waals surface area (Å²) in [5.74, 6) is -1.62. The predicted octanol–water partition coefficient (Wildman–Crippen LogP) is 3.68. The van der Waals surface area contributed by atoms with Crippen molar-refractivity contribution in [2.45, 2.75) is 13.8 Å². The highest BCUT2D eigenvalue weighted by Crippen LogP contribution is 2.27. The van der Waals surface area contributed by atoms with Gasteiger partial charge in [0.2, 0.25) is 5.91 Å². The first-order valence-electron chi connectivity index (χ1n) is 5.69. The highest BCUT2D eigenvalue weighted by Gasteiger charge is 2.13. The molecule has 1 heterocycles. The van der Waals surface area contributed by atoms with E-state index in [1.165, 1.54) is 23.5 Å². The molecule has 0 unspecified atom stereocenters. The fraction of sp³-hybridized carbons (Fsp3) is 0.231. The van der Waals surface area contributed by atoms with Gasteiger partial charge in [-0.2, -0.15) is 0 Å². The second-order valence-corrected chi connectivity index (χ2v) is 5.16. The molecule has 6 heteroatoms. The highest BCUT2D eigenvalue weighted by atomic mass is 32.1. The summed E-state index contributed by atoms with van der Waals surface area (Å²) in [6.45, 7) is 3.53. The molecular formula is C13H12F2N2OS. The molecule has 0 aliphatic heterocycles. The second-order valence-electron chi connectivity index (χ2n) is 4.31. The number of amides is 1. The average Bonchev–Trinajstić information content (AvgIpc) is 2.77. The Hall–Kier alpha value is -1.82. The minimum atomic E-state index is -0.674. The number of anilines is 1. The molecule has 0 saturated carbocycles. The van der Waals surface area contributed by atoms with Crippen LogP contribution in [0.5, 0.6) is 0 Å². The monoisotopic (exact) mass is 282 g/mol. The van der Waals surface area contributed by atoms with Crippen molar-refractivity contribution < 1.29 is 13.6 Å². The molecule has 0 aliphatic rings. The lowest BCUT2D eigenvalue weighted by Crippen LogP contribution is -2.17. The molecule has 0 fully saturated rings. The third kappa shape index (κ3) is 3.14. The lowest BCUT2D eigenvalue weighted by Gasteiger charge is -2.03. The molecule has 1 N–H and O–H groups in total. The van der Waals surface area contributed by atoms with Gasteiger partial charge in [-0.25, -0.2) is 13.8 Å². The molecule has 0 spiro atoms. The van der Waals surface area contributed by atoms with Crippen LogP contribution in [-0.2, 0) is 4.79 Å². The maximum absolute atomic E-state index is 13.6. The van der Waals surface area contributed by atoms with Crippen molar-refractivity contribution >= 4 is 22.4 Å². The fourth-order valence-corrected chi connectivity index (χ4v) is 2.12. The second kappa shape index (κ2) is 5.44. The van der Waals surface area contributed by atoms with Crippen LogP contribution >= 0.6 is 11.3 Å². The first kappa shape index (κ1) is 13.6. The first-order valence-corrected chi connectivity index (χ1v) is 6.57. The van der Waals surface area contributed by atoms with Crippen LogP contribution in [0.3, 0.4) is 0 Å². The minimum Gasteiger partial charge on any atom is -0.302 e. The van der Waals surface area contributed by atoms with E-state index in [0.29, 0.717) is 10.8 Å². The van der Waals surface area contributed by atoms with Gasteiger partial charge < -0.3 is 5.32 Å². The van der Waals surface area contributed by atoms with Gasteiger partial charge in [0.05, 0.1) is 5.69 Å². The van der Waals surface area contributed by atoms with Gasteiger partial charge in [0.25, 0.3) is 0 Å². The number of rotatable bonds is 3. The SMILES string of the molecule is CC(C)C(=O)Nc1nc(-c2ccc(F)cc2F)cs1. The van der Waals surface area contributed by atoms with Crippen molar-refractivity contribution in [3.8, 4) is 11.3 Å². The predicted molar refractivity (Wildman–Crippen MR) is 70.9 cm³/mol. The number of carbonyl (C=O) groups is 1. The minimum absolute atomic E-state index is 0.152. The van der Waals surface area contributed by atoms with Crippen LogP contribution in [0.2, 0.25) is 0 Å². The van der Waals surface area contributed by atoms with Gasteiger partial charge in [-0.15, -0.1) is 11.3 Å². The van der Waals surface area contributed by atoms with Gasteiger partial charge in [-0.1, -0.05) is 13.8 Å². The van der Waals surface area contributed by atoms with E-state index in [1.54, 1.807) is 19.2 Å². The summed E-state index contributed by atoms with van der Waals surface area (Å²) in [6.07, 6.45) is 0. The Morgan fingerprint density at radius 2 is 2.11 bits per heavy atom. The lowest BCUT2D eigenvalue weighted by atomic mass is 10.1. The van der Waals surface area contributed by atoms with Crippen molar-refractivity contribution in [1.29, 1.82) is 0 Å². The lowest BCUT2D eigenvalue weighted by molar-refractivity contribution is -0.118. The first-order chi connectivity index (χ1) is 8.97. The van der Waals surface area contributed by atoms with E-state index in [2.05, 4.69) is 10.3 Å². The molecule has 19 heavy (non-hydrogen) atoms. The van der Waals surface area contributed by atoms with Crippen molar-refractivity contribution in [3.05, 3.63) is 35.2 Å². The molecular weight excluding hydrogens is 270 g/mol. The van der Waals surface area contributed by atoms with Gasteiger partial charge in [0.15, 0.2) is 5.13 Å². The number of benzene rings is 1. The Labute approximate surface area is 113 Å². The Bertz CT molecular complexity index is 610. The summed E-state index contributed by atoms with van der Waals surface area (Å²) in [6, 6.07) is 3.30. The summed E-state index contributed by atoms with van der Waals surface area (Å²) in [5, 5.41) is 4.65. The zero-order valence-electron chi connectivity index (χ0n) is 10.4. The average molecular weight is 282 g/mol. The molecule has 2 aromatic rings. The quantitative estimate of drug-likeness (QED) is 0.933.